The van der Waals surface area contributed by atoms with E-state index in [1.807, 2.05) is 13.8 Å². The number of ether oxygens (including phenoxy) is 1. The lowest BCUT2D eigenvalue weighted by Gasteiger charge is -2.42. The summed E-state index contributed by atoms with van der Waals surface area (Å²) in [6, 6.07) is 1.69. The van der Waals surface area contributed by atoms with Gasteiger partial charge in [-0.15, -0.1) is 0 Å². The molecule has 2 rings (SSSR count). The number of aryl methyl sites for hydroxylation is 1. The maximum Gasteiger partial charge on any atom is 0.274 e. The smallest absolute Gasteiger partial charge is 0.274 e. The first kappa shape index (κ1) is 13.0. The number of aromatic nitrogens is 2. The highest BCUT2D eigenvalue weighted by molar-refractivity contribution is 5.92. The zero-order chi connectivity index (χ0) is 13.3. The molecule has 1 saturated heterocycles. The SMILES string of the molecule is Cn1ccc(C(=O)N2CC(CO)OC(C)(C)C2)n1. The van der Waals surface area contributed by atoms with Crippen LogP contribution in [0.4, 0.5) is 0 Å². The first-order chi connectivity index (χ1) is 8.41. The molecular formula is C12H19N3O3. The lowest BCUT2D eigenvalue weighted by molar-refractivity contribution is -0.139. The van der Waals surface area contributed by atoms with E-state index in [2.05, 4.69) is 5.10 Å². The van der Waals surface area contributed by atoms with E-state index >= 15 is 0 Å². The number of amides is 1. The molecule has 1 aliphatic heterocycles. The van der Waals surface area contributed by atoms with Crippen LogP contribution in [0.3, 0.4) is 0 Å². The van der Waals surface area contributed by atoms with Crippen molar-refractivity contribution in [2.24, 2.45) is 7.05 Å². The van der Waals surface area contributed by atoms with Gasteiger partial charge in [-0.2, -0.15) is 5.10 Å². The molecule has 1 fully saturated rings. The van der Waals surface area contributed by atoms with Crippen LogP contribution in [0, 0.1) is 0 Å². The largest absolute Gasteiger partial charge is 0.394 e. The number of aliphatic hydroxyl groups excluding tert-OH is 1. The Morgan fingerprint density at radius 3 is 2.94 bits per heavy atom. The van der Waals surface area contributed by atoms with Gasteiger partial charge in [0.2, 0.25) is 0 Å². The van der Waals surface area contributed by atoms with E-state index in [-0.39, 0.29) is 18.6 Å². The average Bonchev–Trinajstić information content (AvgIpc) is 2.72. The predicted octanol–water partition coefficient (Wildman–Crippen LogP) is 0.0320. The van der Waals surface area contributed by atoms with Crippen LogP contribution in [0.2, 0.25) is 0 Å². The third kappa shape index (κ3) is 2.70. The van der Waals surface area contributed by atoms with Crippen LogP contribution in [-0.2, 0) is 11.8 Å². The second kappa shape index (κ2) is 4.70. The third-order valence-corrected chi connectivity index (χ3v) is 2.90. The molecule has 6 nitrogen and oxygen atoms in total. The van der Waals surface area contributed by atoms with Crippen LogP contribution in [0.1, 0.15) is 24.3 Å². The molecule has 1 unspecified atom stereocenters. The molecule has 0 spiro atoms. The van der Waals surface area contributed by atoms with Crippen molar-refractivity contribution in [2.75, 3.05) is 19.7 Å². The lowest BCUT2D eigenvalue weighted by Crippen LogP contribution is -2.55. The van der Waals surface area contributed by atoms with Crippen molar-refractivity contribution in [3.05, 3.63) is 18.0 Å². The maximum absolute atomic E-state index is 12.3. The van der Waals surface area contributed by atoms with Gasteiger partial charge in [0.1, 0.15) is 5.69 Å². The van der Waals surface area contributed by atoms with E-state index in [0.717, 1.165) is 0 Å². The van der Waals surface area contributed by atoms with Crippen LogP contribution in [0.25, 0.3) is 0 Å². The summed E-state index contributed by atoms with van der Waals surface area (Å²) >= 11 is 0. The summed E-state index contributed by atoms with van der Waals surface area (Å²) < 4.78 is 7.27. The number of rotatable bonds is 2. The van der Waals surface area contributed by atoms with E-state index in [1.54, 1.807) is 28.9 Å². The van der Waals surface area contributed by atoms with Gasteiger partial charge >= 0.3 is 0 Å². The zero-order valence-corrected chi connectivity index (χ0v) is 11.0. The molecule has 1 aliphatic rings. The van der Waals surface area contributed by atoms with Gasteiger partial charge in [0.25, 0.3) is 5.91 Å². The van der Waals surface area contributed by atoms with Crippen molar-refractivity contribution in [1.82, 2.24) is 14.7 Å². The minimum Gasteiger partial charge on any atom is -0.394 e. The Morgan fingerprint density at radius 1 is 1.67 bits per heavy atom. The quantitative estimate of drug-likeness (QED) is 0.807. The van der Waals surface area contributed by atoms with E-state index < -0.39 is 5.60 Å². The van der Waals surface area contributed by atoms with Gasteiger partial charge < -0.3 is 14.7 Å². The highest BCUT2D eigenvalue weighted by Gasteiger charge is 2.36. The van der Waals surface area contributed by atoms with E-state index in [1.165, 1.54) is 0 Å². The summed E-state index contributed by atoms with van der Waals surface area (Å²) in [7, 11) is 1.77. The maximum atomic E-state index is 12.3. The van der Waals surface area contributed by atoms with Crippen molar-refractivity contribution < 1.29 is 14.6 Å². The molecule has 100 valence electrons. The van der Waals surface area contributed by atoms with Crippen LogP contribution >= 0.6 is 0 Å². The Balaban J connectivity index is 2.14. The van der Waals surface area contributed by atoms with Crippen molar-refractivity contribution >= 4 is 5.91 Å². The molecule has 0 aliphatic carbocycles. The van der Waals surface area contributed by atoms with Gasteiger partial charge in [0.05, 0.1) is 18.3 Å². The first-order valence-corrected chi connectivity index (χ1v) is 5.99. The Labute approximate surface area is 106 Å². The summed E-state index contributed by atoms with van der Waals surface area (Å²) in [6.07, 6.45) is 1.41. The van der Waals surface area contributed by atoms with Crippen molar-refractivity contribution in [1.29, 1.82) is 0 Å². The summed E-state index contributed by atoms with van der Waals surface area (Å²) in [4.78, 5) is 14.0. The Kier molecular flexibility index (Phi) is 3.41. The number of carbonyl (C=O) groups is 1. The van der Waals surface area contributed by atoms with Gasteiger partial charge in [-0.1, -0.05) is 0 Å². The Morgan fingerprint density at radius 2 is 2.39 bits per heavy atom. The fourth-order valence-electron chi connectivity index (χ4n) is 2.24. The fourth-order valence-corrected chi connectivity index (χ4v) is 2.24. The molecule has 0 saturated carbocycles. The molecule has 0 radical (unpaired) electrons. The number of carbonyl (C=O) groups excluding carboxylic acids is 1. The molecule has 1 N–H and O–H groups in total. The first-order valence-electron chi connectivity index (χ1n) is 5.99. The van der Waals surface area contributed by atoms with Crippen molar-refractivity contribution in [3.63, 3.8) is 0 Å². The molecule has 18 heavy (non-hydrogen) atoms. The minimum absolute atomic E-state index is 0.0879. The van der Waals surface area contributed by atoms with Crippen molar-refractivity contribution in [3.8, 4) is 0 Å². The van der Waals surface area contributed by atoms with Crippen molar-refractivity contribution in [2.45, 2.75) is 25.6 Å². The van der Waals surface area contributed by atoms with Crippen LogP contribution in [0.15, 0.2) is 12.3 Å². The Hall–Kier alpha value is -1.40. The molecule has 1 amide bonds. The highest BCUT2D eigenvalue weighted by atomic mass is 16.5. The van der Waals surface area contributed by atoms with Crippen LogP contribution in [0.5, 0.6) is 0 Å². The topological polar surface area (TPSA) is 67.6 Å². The molecule has 0 aromatic carbocycles. The third-order valence-electron chi connectivity index (χ3n) is 2.90. The van der Waals surface area contributed by atoms with Gasteiger partial charge in [-0.3, -0.25) is 9.48 Å². The summed E-state index contributed by atoms with van der Waals surface area (Å²) in [5.74, 6) is -0.120. The Bertz CT molecular complexity index is 442. The van der Waals surface area contributed by atoms with E-state index in [9.17, 15) is 9.90 Å². The second-order valence-electron chi connectivity index (χ2n) is 5.24. The summed E-state index contributed by atoms with van der Waals surface area (Å²) in [5, 5.41) is 13.3. The van der Waals surface area contributed by atoms with E-state index in [4.69, 9.17) is 4.74 Å². The van der Waals surface area contributed by atoms with Gasteiger partial charge in [0, 0.05) is 26.3 Å². The molecule has 0 bridgehead atoms. The number of hydrogen-bond donors (Lipinski definition) is 1. The number of morpholine rings is 1. The molecule has 6 heteroatoms. The van der Waals surface area contributed by atoms with Gasteiger partial charge in [-0.05, 0) is 19.9 Å². The number of nitrogens with zero attached hydrogens (tertiary/aromatic N) is 3. The summed E-state index contributed by atoms with van der Waals surface area (Å²) in [5.41, 5.74) is -0.0253. The van der Waals surface area contributed by atoms with Crippen LogP contribution in [-0.4, -0.2) is 57.1 Å². The average molecular weight is 253 g/mol. The second-order valence-corrected chi connectivity index (χ2v) is 5.24. The number of aliphatic hydroxyl groups is 1. The normalized spacial score (nSPS) is 23.1. The lowest BCUT2D eigenvalue weighted by atomic mass is 10.0. The molecule has 1 atom stereocenters. The highest BCUT2D eigenvalue weighted by Crippen LogP contribution is 2.22. The molecular weight excluding hydrogens is 234 g/mol. The van der Waals surface area contributed by atoms with Gasteiger partial charge in [-0.25, -0.2) is 0 Å². The molecule has 1 aromatic rings. The number of hydrogen-bond acceptors (Lipinski definition) is 4. The van der Waals surface area contributed by atoms with Gasteiger partial charge in [0.15, 0.2) is 0 Å². The van der Waals surface area contributed by atoms with E-state index in [0.29, 0.717) is 18.8 Å². The summed E-state index contributed by atoms with van der Waals surface area (Å²) in [6.45, 7) is 4.63. The monoisotopic (exact) mass is 253 g/mol. The van der Waals surface area contributed by atoms with Crippen LogP contribution < -0.4 is 0 Å². The standard InChI is InChI=1S/C12H19N3O3/c1-12(2)8-15(6-9(7-16)18-12)11(17)10-4-5-14(3)13-10/h4-5,9,16H,6-8H2,1-3H3. The molecule has 2 heterocycles. The fraction of sp³-hybridized carbons (Fsp3) is 0.667. The zero-order valence-electron chi connectivity index (χ0n) is 11.0. The predicted molar refractivity (Wildman–Crippen MR) is 65.1 cm³/mol. The molecule has 1 aromatic heterocycles. The minimum atomic E-state index is -0.448.